The van der Waals surface area contributed by atoms with Crippen LogP contribution in [0.2, 0.25) is 5.02 Å². The van der Waals surface area contributed by atoms with E-state index >= 15 is 0 Å². The lowest BCUT2D eigenvalue weighted by molar-refractivity contribution is -0.139. The quantitative estimate of drug-likeness (QED) is 0.186. The maximum absolute atomic E-state index is 12.2. The molecule has 4 rings (SSSR count). The zero-order chi connectivity index (χ0) is 24.1. The standard InChI is InChI=1S/C28H23ClO4S/c1-3-26(30)18-8-12-20(13-9-18)33-21-14-10-19(11-15-21)28-23(16-27(31)32-2)24(17-34-28)22-6-4-5-7-25(22)29/h4-15,17H,3,16H2,1-2H3. The Balaban J connectivity index is 1.61. The van der Waals surface area contributed by atoms with E-state index in [1.807, 2.05) is 60.8 Å². The molecule has 0 radical (unpaired) electrons. The number of halogens is 1. The van der Waals surface area contributed by atoms with Crippen molar-refractivity contribution in [1.82, 2.24) is 0 Å². The topological polar surface area (TPSA) is 52.6 Å². The highest BCUT2D eigenvalue weighted by Crippen LogP contribution is 2.41. The summed E-state index contributed by atoms with van der Waals surface area (Å²) in [5, 5.41) is 2.66. The molecule has 4 nitrogen and oxygen atoms in total. The fourth-order valence-corrected chi connectivity index (χ4v) is 4.98. The van der Waals surface area contributed by atoms with Gasteiger partial charge in [-0.05, 0) is 76.7 Å². The van der Waals surface area contributed by atoms with Gasteiger partial charge in [-0.15, -0.1) is 11.3 Å². The fraction of sp³-hybridized carbons (Fsp3) is 0.143. The molecule has 0 aliphatic rings. The Labute approximate surface area is 207 Å². The van der Waals surface area contributed by atoms with E-state index in [0.717, 1.165) is 27.1 Å². The predicted octanol–water partition coefficient (Wildman–Crippen LogP) is 7.84. The molecule has 3 aromatic carbocycles. The molecule has 6 heteroatoms. The van der Waals surface area contributed by atoms with Crippen molar-refractivity contribution >= 4 is 34.7 Å². The highest BCUT2D eigenvalue weighted by atomic mass is 35.5. The first kappa shape index (κ1) is 23.7. The van der Waals surface area contributed by atoms with Crippen molar-refractivity contribution in [2.45, 2.75) is 19.8 Å². The molecule has 0 aliphatic heterocycles. The highest BCUT2D eigenvalue weighted by Gasteiger charge is 2.19. The van der Waals surface area contributed by atoms with Crippen LogP contribution in [-0.4, -0.2) is 18.9 Å². The van der Waals surface area contributed by atoms with E-state index in [1.54, 1.807) is 35.6 Å². The van der Waals surface area contributed by atoms with Crippen LogP contribution in [-0.2, 0) is 16.0 Å². The second-order valence-corrected chi connectivity index (χ2v) is 8.90. The molecule has 0 saturated heterocycles. The maximum Gasteiger partial charge on any atom is 0.310 e. The summed E-state index contributed by atoms with van der Waals surface area (Å²) < 4.78 is 10.9. The average Bonchev–Trinajstić information content (AvgIpc) is 3.27. The molecule has 0 atom stereocenters. The van der Waals surface area contributed by atoms with Crippen molar-refractivity contribution in [1.29, 1.82) is 0 Å². The third-order valence-corrected chi connectivity index (χ3v) is 6.86. The van der Waals surface area contributed by atoms with Crippen molar-refractivity contribution in [3.8, 4) is 33.1 Å². The van der Waals surface area contributed by atoms with Crippen LogP contribution in [0.15, 0.2) is 78.2 Å². The number of ketones is 1. The molecule has 34 heavy (non-hydrogen) atoms. The number of carbonyl (C=O) groups is 2. The number of hydrogen-bond acceptors (Lipinski definition) is 5. The number of ether oxygens (including phenoxy) is 2. The highest BCUT2D eigenvalue weighted by molar-refractivity contribution is 7.14. The molecule has 0 bridgehead atoms. The molecule has 4 aromatic rings. The molecule has 172 valence electrons. The first-order valence-electron chi connectivity index (χ1n) is 10.8. The van der Waals surface area contributed by atoms with Gasteiger partial charge in [-0.25, -0.2) is 0 Å². The van der Waals surface area contributed by atoms with E-state index in [4.69, 9.17) is 21.1 Å². The molecule has 0 aliphatic carbocycles. The summed E-state index contributed by atoms with van der Waals surface area (Å²) in [6.45, 7) is 1.84. The van der Waals surface area contributed by atoms with Crippen LogP contribution in [0.1, 0.15) is 29.3 Å². The third kappa shape index (κ3) is 5.22. The SMILES string of the molecule is CCC(=O)c1ccc(Oc2ccc(-c3scc(-c4ccccc4Cl)c3CC(=O)OC)cc2)cc1. The number of benzene rings is 3. The van der Waals surface area contributed by atoms with Crippen LogP contribution >= 0.6 is 22.9 Å². The van der Waals surface area contributed by atoms with Crippen molar-refractivity contribution in [3.05, 3.63) is 94.3 Å². The number of methoxy groups -OCH3 is 1. The van der Waals surface area contributed by atoms with Crippen LogP contribution in [0.25, 0.3) is 21.6 Å². The number of Topliss-reactive ketones (excluding diaryl/α,β-unsaturated/α-hetero) is 1. The molecule has 1 heterocycles. The largest absolute Gasteiger partial charge is 0.469 e. The summed E-state index contributed by atoms with van der Waals surface area (Å²) in [5.74, 6) is 1.13. The molecule has 0 N–H and O–H groups in total. The molecule has 0 unspecified atom stereocenters. The van der Waals surface area contributed by atoms with Crippen molar-refractivity contribution in [2.24, 2.45) is 0 Å². The monoisotopic (exact) mass is 490 g/mol. The number of rotatable bonds is 8. The lowest BCUT2D eigenvalue weighted by atomic mass is 9.98. The van der Waals surface area contributed by atoms with E-state index in [1.165, 1.54) is 7.11 Å². The Morgan fingerprint density at radius 2 is 1.53 bits per heavy atom. The van der Waals surface area contributed by atoms with E-state index < -0.39 is 0 Å². The summed E-state index contributed by atoms with van der Waals surface area (Å²) >= 11 is 8.01. The minimum atomic E-state index is -0.307. The van der Waals surface area contributed by atoms with Gasteiger partial charge in [0.15, 0.2) is 5.78 Å². The molecule has 0 spiro atoms. The molecular formula is C28H23ClO4S. The van der Waals surface area contributed by atoms with Crippen LogP contribution in [0.5, 0.6) is 11.5 Å². The van der Waals surface area contributed by atoms with E-state index in [2.05, 4.69) is 0 Å². The van der Waals surface area contributed by atoms with Crippen LogP contribution < -0.4 is 4.74 Å². The molecule has 0 fully saturated rings. The first-order chi connectivity index (χ1) is 16.5. The van der Waals surface area contributed by atoms with Crippen LogP contribution in [0.4, 0.5) is 0 Å². The molecule has 1 aromatic heterocycles. The van der Waals surface area contributed by atoms with Gasteiger partial charge >= 0.3 is 5.97 Å². The second-order valence-electron chi connectivity index (χ2n) is 7.62. The van der Waals surface area contributed by atoms with Gasteiger partial charge in [-0.3, -0.25) is 9.59 Å². The minimum Gasteiger partial charge on any atom is -0.469 e. The predicted molar refractivity (Wildman–Crippen MR) is 137 cm³/mol. The Kier molecular flexibility index (Phi) is 7.46. The van der Waals surface area contributed by atoms with Crippen molar-refractivity contribution in [3.63, 3.8) is 0 Å². The van der Waals surface area contributed by atoms with Gasteiger partial charge in [-0.1, -0.05) is 36.7 Å². The van der Waals surface area contributed by atoms with Gasteiger partial charge in [0.1, 0.15) is 11.5 Å². The summed E-state index contributed by atoms with van der Waals surface area (Å²) in [6.07, 6.45) is 0.623. The summed E-state index contributed by atoms with van der Waals surface area (Å²) in [7, 11) is 1.39. The zero-order valence-electron chi connectivity index (χ0n) is 18.8. The maximum atomic E-state index is 12.2. The van der Waals surface area contributed by atoms with Gasteiger partial charge in [0.05, 0.1) is 13.5 Å². The van der Waals surface area contributed by atoms with Gasteiger partial charge in [0.2, 0.25) is 0 Å². The van der Waals surface area contributed by atoms with Crippen molar-refractivity contribution < 1.29 is 19.1 Å². The van der Waals surface area contributed by atoms with E-state index in [9.17, 15) is 9.59 Å². The number of esters is 1. The van der Waals surface area contributed by atoms with Gasteiger partial charge in [-0.2, -0.15) is 0 Å². The summed E-state index contributed by atoms with van der Waals surface area (Å²) in [5.41, 5.74) is 4.34. The lowest BCUT2D eigenvalue weighted by Gasteiger charge is -2.10. The van der Waals surface area contributed by atoms with Gasteiger partial charge < -0.3 is 9.47 Å². The summed E-state index contributed by atoms with van der Waals surface area (Å²) in [6, 6.07) is 22.4. The second kappa shape index (κ2) is 10.7. The first-order valence-corrected chi connectivity index (χ1v) is 12.1. The van der Waals surface area contributed by atoms with Crippen LogP contribution in [0.3, 0.4) is 0 Å². The van der Waals surface area contributed by atoms with E-state index in [-0.39, 0.29) is 18.2 Å². The summed E-state index contributed by atoms with van der Waals surface area (Å²) in [4.78, 5) is 25.0. The fourth-order valence-electron chi connectivity index (χ4n) is 3.65. The number of thiophene rings is 1. The minimum absolute atomic E-state index is 0.103. The third-order valence-electron chi connectivity index (χ3n) is 5.46. The van der Waals surface area contributed by atoms with E-state index in [0.29, 0.717) is 28.5 Å². The Hall–Kier alpha value is -3.41. The molecule has 0 saturated carbocycles. The molecular weight excluding hydrogens is 468 g/mol. The zero-order valence-corrected chi connectivity index (χ0v) is 20.4. The van der Waals surface area contributed by atoms with Gasteiger partial charge in [0, 0.05) is 27.4 Å². The normalized spacial score (nSPS) is 10.7. The Morgan fingerprint density at radius 1 is 0.882 bits per heavy atom. The van der Waals surface area contributed by atoms with Crippen LogP contribution in [0, 0.1) is 0 Å². The Morgan fingerprint density at radius 3 is 2.15 bits per heavy atom. The number of hydrogen-bond donors (Lipinski definition) is 0. The average molecular weight is 491 g/mol. The number of carbonyl (C=O) groups excluding carboxylic acids is 2. The molecule has 0 amide bonds. The van der Waals surface area contributed by atoms with Gasteiger partial charge in [0.25, 0.3) is 0 Å². The van der Waals surface area contributed by atoms with Crippen molar-refractivity contribution in [2.75, 3.05) is 7.11 Å². The Bertz CT molecular complexity index is 1310. The smallest absolute Gasteiger partial charge is 0.310 e. The lowest BCUT2D eigenvalue weighted by Crippen LogP contribution is -2.05.